The summed E-state index contributed by atoms with van der Waals surface area (Å²) in [6.45, 7) is 4.58. The summed E-state index contributed by atoms with van der Waals surface area (Å²) in [6, 6.07) is 4.38. The van der Waals surface area contributed by atoms with Crippen molar-refractivity contribution in [3.63, 3.8) is 0 Å². The van der Waals surface area contributed by atoms with Gasteiger partial charge in [-0.1, -0.05) is 13.8 Å². The number of rotatable bonds is 5. The first-order valence-electron chi connectivity index (χ1n) is 8.97. The second kappa shape index (κ2) is 7.32. The molecule has 2 heterocycles. The van der Waals surface area contributed by atoms with Crippen LogP contribution in [0.3, 0.4) is 0 Å². The van der Waals surface area contributed by atoms with Crippen LogP contribution in [0.5, 0.6) is 0 Å². The summed E-state index contributed by atoms with van der Waals surface area (Å²) in [4.78, 5) is 27.1. The Morgan fingerprint density at radius 2 is 2.04 bits per heavy atom. The number of benzene rings is 1. The number of carbonyl (C=O) groups is 2. The molecule has 0 saturated carbocycles. The van der Waals surface area contributed by atoms with Crippen LogP contribution in [-0.2, 0) is 19.6 Å². The third-order valence-corrected chi connectivity index (χ3v) is 5.86. The molecule has 1 aromatic rings. The summed E-state index contributed by atoms with van der Waals surface area (Å²) in [5, 5.41) is 0. The van der Waals surface area contributed by atoms with Crippen LogP contribution in [0.15, 0.2) is 18.2 Å². The molecule has 3 rings (SSSR count). The van der Waals surface area contributed by atoms with E-state index in [1.165, 1.54) is 11.0 Å². The van der Waals surface area contributed by atoms with E-state index in [4.69, 9.17) is 9.29 Å². The number of hydrogen-bond acceptors (Lipinski definition) is 6. The highest BCUT2D eigenvalue weighted by Gasteiger charge is 2.36. The van der Waals surface area contributed by atoms with Gasteiger partial charge in [0, 0.05) is 31.3 Å². The van der Waals surface area contributed by atoms with Gasteiger partial charge in [-0.25, -0.2) is 9.18 Å². The van der Waals surface area contributed by atoms with E-state index in [2.05, 4.69) is 0 Å². The average molecular weight is 414 g/mol. The van der Waals surface area contributed by atoms with E-state index >= 15 is 0 Å². The number of hydrogen-bond donors (Lipinski definition) is 1. The summed E-state index contributed by atoms with van der Waals surface area (Å²) in [5.74, 6) is -0.886. The summed E-state index contributed by atoms with van der Waals surface area (Å²) in [6.07, 6.45) is -1.09. The van der Waals surface area contributed by atoms with Crippen LogP contribution < -0.4 is 9.80 Å². The number of carbonyl (C=O) groups excluding carboxylic acids is 2. The lowest BCUT2D eigenvalue weighted by atomic mass is 9.82. The quantitative estimate of drug-likeness (QED) is 0.737. The molecule has 0 bridgehead atoms. The maximum absolute atomic E-state index is 14.7. The van der Waals surface area contributed by atoms with Gasteiger partial charge < -0.3 is 9.64 Å². The van der Waals surface area contributed by atoms with Crippen LogP contribution in [-0.4, -0.2) is 56.3 Å². The van der Waals surface area contributed by atoms with Gasteiger partial charge >= 0.3 is 6.09 Å². The highest BCUT2D eigenvalue weighted by molar-refractivity contribution is 7.85. The number of anilines is 2. The van der Waals surface area contributed by atoms with Crippen LogP contribution >= 0.6 is 0 Å². The van der Waals surface area contributed by atoms with Gasteiger partial charge in [-0.2, -0.15) is 8.42 Å². The number of halogens is 1. The molecule has 2 aliphatic rings. The minimum Gasteiger partial charge on any atom is -0.444 e. The number of Topliss-reactive ketones (excluding diaryl/α,β-unsaturated/α-hetero) is 1. The molecule has 0 radical (unpaired) electrons. The number of ketones is 1. The van der Waals surface area contributed by atoms with Crippen LogP contribution in [0.2, 0.25) is 0 Å². The third kappa shape index (κ3) is 4.44. The number of amides is 1. The maximum Gasteiger partial charge on any atom is 0.414 e. The van der Waals surface area contributed by atoms with Crippen LogP contribution in [0.25, 0.3) is 0 Å². The molecular formula is C18H23FN2O6S. The molecular weight excluding hydrogens is 391 g/mol. The Labute approximate surface area is 163 Å². The molecule has 1 atom stereocenters. The zero-order chi connectivity index (χ0) is 20.7. The Morgan fingerprint density at radius 3 is 2.64 bits per heavy atom. The van der Waals surface area contributed by atoms with Crippen molar-refractivity contribution in [2.24, 2.45) is 5.41 Å². The molecule has 28 heavy (non-hydrogen) atoms. The minimum atomic E-state index is -4.15. The molecule has 2 fully saturated rings. The average Bonchev–Trinajstić information content (AvgIpc) is 2.96. The summed E-state index contributed by atoms with van der Waals surface area (Å²) < 4.78 is 50.3. The molecule has 1 N–H and O–H groups in total. The van der Waals surface area contributed by atoms with Crippen molar-refractivity contribution >= 4 is 33.4 Å². The van der Waals surface area contributed by atoms with Gasteiger partial charge in [-0.05, 0) is 18.2 Å². The Bertz CT molecular complexity index is 901. The van der Waals surface area contributed by atoms with Gasteiger partial charge in [0.1, 0.15) is 17.7 Å². The van der Waals surface area contributed by atoms with Crippen molar-refractivity contribution in [1.82, 2.24) is 0 Å². The Hall–Kier alpha value is -2.20. The van der Waals surface area contributed by atoms with E-state index in [0.29, 0.717) is 30.9 Å². The first-order valence-corrected chi connectivity index (χ1v) is 10.6. The van der Waals surface area contributed by atoms with E-state index in [1.807, 2.05) is 18.7 Å². The molecule has 8 nitrogen and oxygen atoms in total. The Kier molecular flexibility index (Phi) is 5.37. The lowest BCUT2D eigenvalue weighted by molar-refractivity contribution is -0.127. The van der Waals surface area contributed by atoms with Gasteiger partial charge in [0.15, 0.2) is 0 Å². The van der Waals surface area contributed by atoms with E-state index in [1.54, 1.807) is 12.1 Å². The second-order valence-electron chi connectivity index (χ2n) is 7.81. The van der Waals surface area contributed by atoms with Crippen LogP contribution in [0.1, 0.15) is 26.7 Å². The largest absolute Gasteiger partial charge is 0.444 e. The molecule has 1 aromatic carbocycles. The molecule has 0 spiro atoms. The summed E-state index contributed by atoms with van der Waals surface area (Å²) in [7, 11) is -4.15. The smallest absolute Gasteiger partial charge is 0.414 e. The number of piperidine rings is 1. The van der Waals surface area contributed by atoms with Crippen molar-refractivity contribution in [3.05, 3.63) is 24.0 Å². The molecule has 2 aliphatic heterocycles. The molecule has 0 aliphatic carbocycles. The van der Waals surface area contributed by atoms with Crippen molar-refractivity contribution < 1.29 is 31.7 Å². The topological polar surface area (TPSA) is 104 Å². The third-order valence-electron chi connectivity index (χ3n) is 5.11. The number of ether oxygens (including phenoxy) is 1. The highest BCUT2D eigenvalue weighted by atomic mass is 32.2. The van der Waals surface area contributed by atoms with E-state index in [-0.39, 0.29) is 18.7 Å². The Balaban J connectivity index is 1.72. The molecule has 1 unspecified atom stereocenters. The van der Waals surface area contributed by atoms with Crippen molar-refractivity contribution in [2.45, 2.75) is 32.8 Å². The molecule has 1 amide bonds. The number of cyclic esters (lactones) is 1. The van der Waals surface area contributed by atoms with Crippen LogP contribution in [0, 0.1) is 11.2 Å². The SMILES string of the molecule is CC1(C)CN(c2ccc(N3CC(CCS(=O)(=O)O)OC3=O)cc2F)CCC1=O. The first kappa shape index (κ1) is 20.5. The predicted molar refractivity (Wildman–Crippen MR) is 101 cm³/mol. The van der Waals surface area contributed by atoms with Gasteiger partial charge in [-0.3, -0.25) is 14.2 Å². The van der Waals surface area contributed by atoms with E-state index in [0.717, 1.165) is 0 Å². The standard InChI is InChI=1S/C18H23FN2O6S/c1-18(2)11-20(7-5-16(18)22)15-4-3-12(9-14(15)19)21-10-13(27-17(21)23)6-8-28(24,25)26/h3-4,9,13H,5-8,10-11H2,1-2H3,(H,24,25,26). The first-order chi connectivity index (χ1) is 13.0. The number of nitrogens with zero attached hydrogens (tertiary/aromatic N) is 2. The van der Waals surface area contributed by atoms with Gasteiger partial charge in [0.05, 0.1) is 23.7 Å². The second-order valence-corrected chi connectivity index (χ2v) is 9.38. The normalized spacial score (nSPS) is 22.5. The Morgan fingerprint density at radius 1 is 1.32 bits per heavy atom. The zero-order valence-corrected chi connectivity index (χ0v) is 16.5. The molecule has 2 saturated heterocycles. The molecule has 10 heteroatoms. The minimum absolute atomic E-state index is 0.0431. The van der Waals surface area contributed by atoms with Gasteiger partial charge in [0.25, 0.3) is 10.1 Å². The predicted octanol–water partition coefficient (Wildman–Crippen LogP) is 2.23. The zero-order valence-electron chi connectivity index (χ0n) is 15.7. The van der Waals surface area contributed by atoms with Crippen molar-refractivity contribution in [2.75, 3.05) is 35.2 Å². The van der Waals surface area contributed by atoms with Crippen molar-refractivity contribution in [1.29, 1.82) is 0 Å². The summed E-state index contributed by atoms with van der Waals surface area (Å²) >= 11 is 0. The van der Waals surface area contributed by atoms with E-state index < -0.39 is 39.3 Å². The van der Waals surface area contributed by atoms with Gasteiger partial charge in [-0.15, -0.1) is 0 Å². The lowest BCUT2D eigenvalue weighted by Gasteiger charge is -2.38. The fourth-order valence-corrected chi connectivity index (χ4v) is 4.07. The van der Waals surface area contributed by atoms with Crippen LogP contribution in [0.4, 0.5) is 20.6 Å². The fourth-order valence-electron chi connectivity index (χ4n) is 3.51. The van der Waals surface area contributed by atoms with Gasteiger partial charge in [0.2, 0.25) is 0 Å². The molecule has 154 valence electrons. The molecule has 0 aromatic heterocycles. The van der Waals surface area contributed by atoms with E-state index in [9.17, 15) is 22.4 Å². The summed E-state index contributed by atoms with van der Waals surface area (Å²) in [5.41, 5.74) is 0.107. The van der Waals surface area contributed by atoms with Crippen molar-refractivity contribution in [3.8, 4) is 0 Å². The highest BCUT2D eigenvalue weighted by Crippen LogP contribution is 2.33. The maximum atomic E-state index is 14.7. The lowest BCUT2D eigenvalue weighted by Crippen LogP contribution is -2.46. The monoisotopic (exact) mass is 414 g/mol. The fraction of sp³-hybridized carbons (Fsp3) is 0.556.